The molecule has 5 rings (SSSR count). The molecule has 0 spiro atoms. The zero-order valence-corrected chi connectivity index (χ0v) is 16.3. The fourth-order valence-corrected chi connectivity index (χ4v) is 4.79. The number of benzene rings is 1. The number of nitrogens with zero attached hydrogens (tertiary/aromatic N) is 5. The molecule has 3 fully saturated rings. The molecule has 0 N–H and O–H groups in total. The third kappa shape index (κ3) is 3.94. The van der Waals surface area contributed by atoms with Crippen molar-refractivity contribution in [3.05, 3.63) is 47.5 Å². The average Bonchev–Trinajstić information content (AvgIpc) is 3.25. The van der Waals surface area contributed by atoms with Gasteiger partial charge < -0.3 is 4.57 Å². The van der Waals surface area contributed by atoms with Crippen LogP contribution in [0.15, 0.2) is 30.3 Å². The van der Waals surface area contributed by atoms with E-state index in [9.17, 15) is 0 Å². The summed E-state index contributed by atoms with van der Waals surface area (Å²) in [6.45, 7) is 6.85. The van der Waals surface area contributed by atoms with Crippen molar-refractivity contribution in [1.29, 1.82) is 0 Å². The maximum atomic E-state index is 4.72. The number of likely N-dealkylation sites (tertiary alicyclic amines) is 2. The Morgan fingerprint density at radius 3 is 2.19 bits per heavy atom. The van der Waals surface area contributed by atoms with Crippen molar-refractivity contribution in [2.75, 3.05) is 26.2 Å². The second-order valence-corrected chi connectivity index (χ2v) is 8.59. The molecule has 1 saturated carbocycles. The lowest BCUT2D eigenvalue weighted by Crippen LogP contribution is -2.33. The molecule has 2 aliphatic heterocycles. The van der Waals surface area contributed by atoms with Crippen LogP contribution >= 0.6 is 0 Å². The summed E-state index contributed by atoms with van der Waals surface area (Å²) in [6.07, 6.45) is 7.72. The number of hydrogen-bond acceptors (Lipinski definition) is 4. The van der Waals surface area contributed by atoms with Crippen molar-refractivity contribution in [2.24, 2.45) is 0 Å². The largest absolute Gasteiger partial charge is 0.311 e. The third-order valence-electron chi connectivity index (χ3n) is 6.47. The molecule has 3 heterocycles. The summed E-state index contributed by atoms with van der Waals surface area (Å²) in [5.74, 6) is 3.09. The van der Waals surface area contributed by atoms with Crippen LogP contribution in [-0.2, 0) is 13.1 Å². The van der Waals surface area contributed by atoms with Crippen molar-refractivity contribution in [2.45, 2.75) is 63.6 Å². The third-order valence-corrected chi connectivity index (χ3v) is 6.47. The minimum Gasteiger partial charge on any atom is -0.311 e. The number of hydrogen-bond donors (Lipinski definition) is 0. The maximum absolute atomic E-state index is 4.72. The Bertz CT molecular complexity index is 737. The van der Waals surface area contributed by atoms with E-state index in [1.165, 1.54) is 81.9 Å². The quantitative estimate of drug-likeness (QED) is 0.784. The van der Waals surface area contributed by atoms with Gasteiger partial charge in [-0.25, -0.2) is 0 Å². The molecule has 2 saturated heterocycles. The van der Waals surface area contributed by atoms with Crippen LogP contribution in [0.3, 0.4) is 0 Å². The summed E-state index contributed by atoms with van der Waals surface area (Å²) in [6, 6.07) is 11.5. The summed E-state index contributed by atoms with van der Waals surface area (Å²) >= 11 is 0. The van der Waals surface area contributed by atoms with Crippen molar-refractivity contribution in [3.8, 4) is 0 Å². The van der Waals surface area contributed by atoms with E-state index in [0.717, 1.165) is 13.1 Å². The van der Waals surface area contributed by atoms with E-state index in [2.05, 4.69) is 49.8 Å². The van der Waals surface area contributed by atoms with Gasteiger partial charge in [-0.2, -0.15) is 0 Å². The second-order valence-electron chi connectivity index (χ2n) is 8.59. The Kier molecular flexibility index (Phi) is 4.97. The van der Waals surface area contributed by atoms with Crippen LogP contribution in [0.4, 0.5) is 0 Å². The van der Waals surface area contributed by atoms with Crippen LogP contribution in [-0.4, -0.2) is 50.7 Å². The topological polar surface area (TPSA) is 37.2 Å². The molecule has 0 unspecified atom stereocenters. The Morgan fingerprint density at radius 2 is 1.48 bits per heavy atom. The van der Waals surface area contributed by atoms with E-state index in [4.69, 9.17) is 5.10 Å². The molecule has 0 atom stereocenters. The summed E-state index contributed by atoms with van der Waals surface area (Å²) in [7, 11) is 0. The fraction of sp³-hybridized carbons (Fsp3) is 0.636. The Hall–Kier alpha value is -1.72. The molecule has 3 aliphatic rings. The van der Waals surface area contributed by atoms with Crippen LogP contribution in [0.2, 0.25) is 0 Å². The average molecular weight is 366 g/mol. The molecule has 0 radical (unpaired) electrons. The standard InChI is InChI=1S/C22H31N5/c1-2-6-18(7-3-1)16-26-14-10-19(11-15-26)22-24-23-21(27(22)20-8-9-20)17-25-12-4-5-13-25/h1-3,6-7,19-20H,4-5,8-17H2. The van der Waals surface area contributed by atoms with Gasteiger partial charge in [0, 0.05) is 18.5 Å². The molecule has 1 aliphatic carbocycles. The van der Waals surface area contributed by atoms with Crippen molar-refractivity contribution in [3.63, 3.8) is 0 Å². The predicted molar refractivity (Wildman–Crippen MR) is 106 cm³/mol. The first-order chi connectivity index (χ1) is 13.4. The molecular formula is C22H31N5. The summed E-state index contributed by atoms with van der Waals surface area (Å²) in [5.41, 5.74) is 1.42. The molecule has 0 bridgehead atoms. The van der Waals surface area contributed by atoms with E-state index in [1.807, 2.05) is 0 Å². The van der Waals surface area contributed by atoms with Gasteiger partial charge in [0.25, 0.3) is 0 Å². The fourth-order valence-electron chi connectivity index (χ4n) is 4.79. The molecule has 0 amide bonds. The highest BCUT2D eigenvalue weighted by Gasteiger charge is 2.34. The maximum Gasteiger partial charge on any atom is 0.147 e. The van der Waals surface area contributed by atoms with E-state index >= 15 is 0 Å². The lowest BCUT2D eigenvalue weighted by Gasteiger charge is -2.31. The molecule has 2 aromatic rings. The van der Waals surface area contributed by atoms with E-state index in [0.29, 0.717) is 12.0 Å². The minimum atomic E-state index is 0.581. The van der Waals surface area contributed by atoms with Gasteiger partial charge in [0.2, 0.25) is 0 Å². The smallest absolute Gasteiger partial charge is 0.147 e. The van der Waals surface area contributed by atoms with E-state index < -0.39 is 0 Å². The predicted octanol–water partition coefficient (Wildman–Crippen LogP) is 3.59. The zero-order valence-electron chi connectivity index (χ0n) is 16.3. The molecule has 5 nitrogen and oxygen atoms in total. The highest BCUT2D eigenvalue weighted by Crippen LogP contribution is 2.40. The lowest BCUT2D eigenvalue weighted by atomic mass is 9.95. The SMILES string of the molecule is c1ccc(CN2CCC(c3nnc(CN4CCCC4)n3C3CC3)CC2)cc1. The van der Waals surface area contributed by atoms with Crippen LogP contribution < -0.4 is 0 Å². The van der Waals surface area contributed by atoms with Gasteiger partial charge in [-0.3, -0.25) is 9.80 Å². The van der Waals surface area contributed by atoms with Gasteiger partial charge in [-0.1, -0.05) is 30.3 Å². The molecular weight excluding hydrogens is 334 g/mol. The zero-order chi connectivity index (χ0) is 18.1. The highest BCUT2D eigenvalue weighted by molar-refractivity contribution is 5.15. The van der Waals surface area contributed by atoms with Crippen LogP contribution in [0.5, 0.6) is 0 Å². The van der Waals surface area contributed by atoms with E-state index in [1.54, 1.807) is 0 Å². The summed E-state index contributed by atoms with van der Waals surface area (Å²) < 4.78 is 2.54. The normalized spacial score (nSPS) is 22.5. The Balaban J connectivity index is 1.25. The van der Waals surface area contributed by atoms with Crippen LogP contribution in [0.1, 0.15) is 67.7 Å². The van der Waals surface area contributed by atoms with Gasteiger partial charge in [0.15, 0.2) is 0 Å². The first-order valence-electron chi connectivity index (χ1n) is 10.8. The van der Waals surface area contributed by atoms with Gasteiger partial charge in [0.05, 0.1) is 6.54 Å². The van der Waals surface area contributed by atoms with Crippen molar-refractivity contribution in [1.82, 2.24) is 24.6 Å². The van der Waals surface area contributed by atoms with Crippen LogP contribution in [0.25, 0.3) is 0 Å². The lowest BCUT2D eigenvalue weighted by molar-refractivity contribution is 0.199. The Morgan fingerprint density at radius 1 is 0.778 bits per heavy atom. The number of aromatic nitrogens is 3. The number of rotatable bonds is 6. The van der Waals surface area contributed by atoms with Gasteiger partial charge in [-0.05, 0) is 70.3 Å². The van der Waals surface area contributed by atoms with Crippen molar-refractivity contribution < 1.29 is 0 Å². The van der Waals surface area contributed by atoms with Gasteiger partial charge >= 0.3 is 0 Å². The molecule has 27 heavy (non-hydrogen) atoms. The van der Waals surface area contributed by atoms with Gasteiger partial charge in [0.1, 0.15) is 11.6 Å². The van der Waals surface area contributed by atoms with Crippen molar-refractivity contribution >= 4 is 0 Å². The van der Waals surface area contributed by atoms with Gasteiger partial charge in [-0.15, -0.1) is 10.2 Å². The molecule has 1 aromatic heterocycles. The van der Waals surface area contributed by atoms with E-state index in [-0.39, 0.29) is 0 Å². The minimum absolute atomic E-state index is 0.581. The summed E-state index contributed by atoms with van der Waals surface area (Å²) in [4.78, 5) is 5.14. The first kappa shape index (κ1) is 17.4. The number of piperidine rings is 1. The molecule has 144 valence electrons. The highest BCUT2D eigenvalue weighted by atomic mass is 15.3. The first-order valence-corrected chi connectivity index (χ1v) is 10.8. The summed E-state index contributed by atoms with van der Waals surface area (Å²) in [5, 5.41) is 9.38. The monoisotopic (exact) mass is 365 g/mol. The second kappa shape index (κ2) is 7.72. The Labute approximate surface area is 162 Å². The molecule has 1 aromatic carbocycles. The van der Waals surface area contributed by atoms with Crippen LogP contribution in [0, 0.1) is 0 Å². The molecule has 5 heteroatoms.